The van der Waals surface area contributed by atoms with Crippen LogP contribution in [-0.4, -0.2) is 24.7 Å². The first-order valence-electron chi connectivity index (χ1n) is 10.0. The molecule has 0 spiro atoms. The van der Waals surface area contributed by atoms with Crippen LogP contribution >= 0.6 is 39.7 Å². The van der Waals surface area contributed by atoms with Crippen LogP contribution in [0, 0.1) is 13.8 Å². The zero-order chi connectivity index (χ0) is 22.7. The van der Waals surface area contributed by atoms with Crippen molar-refractivity contribution in [2.75, 3.05) is 10.6 Å². The Balaban J connectivity index is 1.43. The zero-order valence-electron chi connectivity index (χ0n) is 17.6. The van der Waals surface area contributed by atoms with Crippen LogP contribution in [0.1, 0.15) is 22.5 Å². The fourth-order valence-electron chi connectivity index (χ4n) is 3.38. The predicted molar refractivity (Wildman–Crippen MR) is 138 cm³/mol. The number of anilines is 2. The van der Waals surface area contributed by atoms with Crippen molar-refractivity contribution in [3.63, 3.8) is 0 Å². The summed E-state index contributed by atoms with van der Waals surface area (Å²) in [5.41, 5.74) is 5.10. The van der Waals surface area contributed by atoms with Gasteiger partial charge in [0.1, 0.15) is 0 Å². The molecule has 0 saturated heterocycles. The van der Waals surface area contributed by atoms with Gasteiger partial charge < -0.3 is 10.6 Å². The van der Waals surface area contributed by atoms with Gasteiger partial charge in [0, 0.05) is 11.2 Å². The first-order valence-corrected chi connectivity index (χ1v) is 11.6. The number of hydrogen-bond acceptors (Lipinski definition) is 3. The Morgan fingerprint density at radius 2 is 1.66 bits per heavy atom. The monoisotopic (exact) mass is 528 g/mol. The molecule has 0 bridgehead atoms. The van der Waals surface area contributed by atoms with Gasteiger partial charge in [-0.05, 0) is 65.3 Å². The number of aromatic nitrogens is 4. The van der Waals surface area contributed by atoms with Crippen molar-refractivity contribution >= 4 is 56.4 Å². The van der Waals surface area contributed by atoms with Crippen LogP contribution in [0.25, 0.3) is 0 Å². The third kappa shape index (κ3) is 5.38. The molecule has 0 amide bonds. The summed E-state index contributed by atoms with van der Waals surface area (Å²) in [6.07, 6.45) is 1.91. The molecule has 0 saturated carbocycles. The number of halogens is 2. The summed E-state index contributed by atoms with van der Waals surface area (Å²) in [6.45, 7) is 5.33. The Bertz CT molecular complexity index is 1230. The second kappa shape index (κ2) is 9.85. The van der Waals surface area contributed by atoms with E-state index >= 15 is 0 Å². The van der Waals surface area contributed by atoms with Crippen LogP contribution in [0.5, 0.6) is 0 Å². The predicted octanol–water partition coefficient (Wildman–Crippen LogP) is 6.02. The maximum atomic E-state index is 5.96. The SMILES string of the molecule is Cc1nn(Cc2ccccc2)c(C)c1NC(=S)Nc1nn(Cc2ccc(Cl)cc2)cc1Br. The fourth-order valence-corrected chi connectivity index (χ4v) is 4.12. The normalized spacial score (nSPS) is 10.9. The first-order chi connectivity index (χ1) is 15.4. The molecular weight excluding hydrogens is 508 g/mol. The molecule has 0 aliphatic carbocycles. The first kappa shape index (κ1) is 22.5. The van der Waals surface area contributed by atoms with Gasteiger partial charge in [-0.3, -0.25) is 9.36 Å². The molecule has 0 aliphatic rings. The van der Waals surface area contributed by atoms with E-state index in [9.17, 15) is 0 Å². The van der Waals surface area contributed by atoms with Crippen LogP contribution in [0.3, 0.4) is 0 Å². The lowest BCUT2D eigenvalue weighted by molar-refractivity contribution is 0.659. The Morgan fingerprint density at radius 1 is 0.969 bits per heavy atom. The van der Waals surface area contributed by atoms with Crippen molar-refractivity contribution in [1.29, 1.82) is 0 Å². The number of nitrogens with one attached hydrogen (secondary N) is 2. The van der Waals surface area contributed by atoms with E-state index in [1.165, 1.54) is 5.56 Å². The maximum Gasteiger partial charge on any atom is 0.176 e. The molecule has 2 N–H and O–H groups in total. The van der Waals surface area contributed by atoms with Gasteiger partial charge in [-0.1, -0.05) is 54.1 Å². The lowest BCUT2D eigenvalue weighted by Gasteiger charge is -2.10. The van der Waals surface area contributed by atoms with E-state index in [0.29, 0.717) is 29.0 Å². The summed E-state index contributed by atoms with van der Waals surface area (Å²) in [6, 6.07) is 18.0. The Morgan fingerprint density at radius 3 is 2.38 bits per heavy atom. The number of hydrogen-bond donors (Lipinski definition) is 2. The lowest BCUT2D eigenvalue weighted by Crippen LogP contribution is -2.20. The zero-order valence-corrected chi connectivity index (χ0v) is 20.8. The van der Waals surface area contributed by atoms with Crippen LogP contribution < -0.4 is 10.6 Å². The summed E-state index contributed by atoms with van der Waals surface area (Å²) >= 11 is 15.1. The molecule has 2 heterocycles. The summed E-state index contributed by atoms with van der Waals surface area (Å²) in [7, 11) is 0. The molecule has 9 heteroatoms. The van der Waals surface area contributed by atoms with Gasteiger partial charge in [-0.2, -0.15) is 10.2 Å². The molecule has 2 aromatic carbocycles. The molecule has 0 fully saturated rings. The topological polar surface area (TPSA) is 59.7 Å². The standard InChI is InChI=1S/C23H22BrClN6S/c1-15-21(16(2)31(28-15)13-17-6-4-3-5-7-17)26-23(32)27-22-20(24)14-30(29-22)12-18-8-10-19(25)11-9-18/h3-11,14H,12-13H2,1-2H3,(H2,26,27,29,32). The van der Waals surface area contributed by atoms with E-state index in [1.807, 2.05) is 71.9 Å². The van der Waals surface area contributed by atoms with Gasteiger partial charge in [0.2, 0.25) is 0 Å². The summed E-state index contributed by atoms with van der Waals surface area (Å²) in [5.74, 6) is 0.642. The van der Waals surface area contributed by atoms with Crippen LogP contribution in [0.15, 0.2) is 65.3 Å². The van der Waals surface area contributed by atoms with Gasteiger partial charge >= 0.3 is 0 Å². The third-order valence-electron chi connectivity index (χ3n) is 5.00. The van der Waals surface area contributed by atoms with Crippen molar-refractivity contribution in [1.82, 2.24) is 19.6 Å². The van der Waals surface area contributed by atoms with E-state index in [4.69, 9.17) is 23.8 Å². The molecule has 0 aliphatic heterocycles. The van der Waals surface area contributed by atoms with Gasteiger partial charge in [0.15, 0.2) is 10.9 Å². The van der Waals surface area contributed by atoms with Crippen LogP contribution in [0.2, 0.25) is 5.02 Å². The van der Waals surface area contributed by atoms with Crippen molar-refractivity contribution in [2.24, 2.45) is 0 Å². The molecule has 164 valence electrons. The minimum absolute atomic E-state index is 0.452. The lowest BCUT2D eigenvalue weighted by atomic mass is 10.2. The highest BCUT2D eigenvalue weighted by molar-refractivity contribution is 9.10. The average Bonchev–Trinajstić information content (AvgIpc) is 3.23. The number of benzene rings is 2. The Labute approximate surface area is 205 Å². The Hall–Kier alpha value is -2.68. The van der Waals surface area contributed by atoms with Gasteiger partial charge in [0.05, 0.1) is 34.6 Å². The number of aryl methyl sites for hydroxylation is 1. The maximum absolute atomic E-state index is 5.96. The quantitative estimate of drug-likeness (QED) is 0.299. The number of nitrogens with zero attached hydrogens (tertiary/aromatic N) is 4. The van der Waals surface area contributed by atoms with E-state index in [2.05, 4.69) is 48.9 Å². The molecule has 6 nitrogen and oxygen atoms in total. The average molecular weight is 530 g/mol. The second-order valence-corrected chi connectivity index (χ2v) is 9.12. The molecular formula is C23H22BrClN6S. The second-order valence-electron chi connectivity index (χ2n) is 7.42. The third-order valence-corrected chi connectivity index (χ3v) is 6.04. The van der Waals surface area contributed by atoms with Crippen molar-refractivity contribution in [3.8, 4) is 0 Å². The van der Waals surface area contributed by atoms with E-state index in [1.54, 1.807) is 0 Å². The molecule has 32 heavy (non-hydrogen) atoms. The highest BCUT2D eigenvalue weighted by Crippen LogP contribution is 2.24. The molecule has 0 radical (unpaired) electrons. The van der Waals surface area contributed by atoms with Crippen molar-refractivity contribution in [3.05, 3.63) is 92.8 Å². The highest BCUT2D eigenvalue weighted by Gasteiger charge is 2.15. The van der Waals surface area contributed by atoms with Gasteiger partial charge in [-0.15, -0.1) is 0 Å². The molecule has 4 aromatic rings. The molecule has 4 rings (SSSR count). The largest absolute Gasteiger partial charge is 0.329 e. The van der Waals surface area contributed by atoms with E-state index < -0.39 is 0 Å². The molecule has 2 aromatic heterocycles. The minimum Gasteiger partial charge on any atom is -0.329 e. The number of thiocarbonyl (C=S) groups is 1. The van der Waals surface area contributed by atoms with Gasteiger partial charge in [-0.25, -0.2) is 0 Å². The van der Waals surface area contributed by atoms with Crippen LogP contribution in [-0.2, 0) is 13.1 Å². The number of rotatable bonds is 6. The Kier molecular flexibility index (Phi) is 6.93. The van der Waals surface area contributed by atoms with Gasteiger partial charge in [0.25, 0.3) is 0 Å². The fraction of sp³-hybridized carbons (Fsp3) is 0.174. The van der Waals surface area contributed by atoms with E-state index in [0.717, 1.165) is 27.1 Å². The summed E-state index contributed by atoms with van der Waals surface area (Å²) < 4.78 is 4.64. The highest BCUT2D eigenvalue weighted by atomic mass is 79.9. The van der Waals surface area contributed by atoms with Crippen molar-refractivity contribution in [2.45, 2.75) is 26.9 Å². The smallest absolute Gasteiger partial charge is 0.176 e. The van der Waals surface area contributed by atoms with E-state index in [-0.39, 0.29) is 0 Å². The van der Waals surface area contributed by atoms with Crippen molar-refractivity contribution < 1.29 is 0 Å². The minimum atomic E-state index is 0.452. The summed E-state index contributed by atoms with van der Waals surface area (Å²) in [5, 5.41) is 16.9. The van der Waals surface area contributed by atoms with Crippen LogP contribution in [0.4, 0.5) is 11.5 Å². The molecule has 0 unspecified atom stereocenters. The molecule has 0 atom stereocenters. The summed E-state index contributed by atoms with van der Waals surface area (Å²) in [4.78, 5) is 0.